The number of non-ortho nitro benzene ring substituents is 1. The van der Waals surface area contributed by atoms with Gasteiger partial charge < -0.3 is 11.1 Å². The normalized spacial score (nSPS) is 11.7. The Balaban J connectivity index is 1.83. The van der Waals surface area contributed by atoms with Gasteiger partial charge in [0.25, 0.3) is 20.9 Å². The van der Waals surface area contributed by atoms with Gasteiger partial charge in [-0.2, -0.15) is 8.42 Å². The van der Waals surface area contributed by atoms with Crippen molar-refractivity contribution in [2.75, 3.05) is 11.1 Å². The van der Waals surface area contributed by atoms with Crippen molar-refractivity contribution < 1.29 is 18.1 Å². The van der Waals surface area contributed by atoms with Gasteiger partial charge in [0.2, 0.25) is 0 Å². The first-order valence-corrected chi connectivity index (χ1v) is 11.6. The molecule has 0 bridgehead atoms. The number of carbonyl (C=O) groups is 1. The molecule has 3 aromatic carbocycles. The zero-order chi connectivity index (χ0) is 23.1. The Kier molecular flexibility index (Phi) is 7.23. The molecule has 0 radical (unpaired) electrons. The number of hydrogen-bond donors (Lipinski definition) is 2. The molecule has 1 amide bonds. The van der Waals surface area contributed by atoms with Gasteiger partial charge in [0.05, 0.1) is 15.6 Å². The largest absolute Gasteiger partial charge is 0.361 e. The minimum absolute atomic E-state index is 0.000494. The van der Waals surface area contributed by atoms with Crippen LogP contribution in [-0.4, -0.2) is 30.2 Å². The van der Waals surface area contributed by atoms with Gasteiger partial charge in [-0.05, 0) is 47.5 Å². The molecule has 0 aliphatic rings. The molecule has 3 aromatic rings. The van der Waals surface area contributed by atoms with Crippen LogP contribution < -0.4 is 11.1 Å². The Morgan fingerprint density at radius 2 is 1.53 bits per heavy atom. The van der Waals surface area contributed by atoms with Gasteiger partial charge in [0.15, 0.2) is 0 Å². The molecule has 0 saturated heterocycles. The minimum Gasteiger partial charge on any atom is -0.361 e. The van der Waals surface area contributed by atoms with Crippen LogP contribution in [0.2, 0.25) is 0 Å². The van der Waals surface area contributed by atoms with Crippen LogP contribution >= 0.6 is 11.8 Å². The summed E-state index contributed by atoms with van der Waals surface area (Å²) in [6, 6.07) is 20.8. The molecular weight excluding hydrogens is 452 g/mol. The number of thioether (sulfide) groups is 1. The Bertz CT molecular complexity index is 1240. The lowest BCUT2D eigenvalue weighted by molar-refractivity contribution is -0.384. The van der Waals surface area contributed by atoms with Crippen molar-refractivity contribution in [2.24, 2.45) is 10.1 Å². The molecule has 0 atom stereocenters. The number of amides is 1. The summed E-state index contributed by atoms with van der Waals surface area (Å²) in [6.45, 7) is 0. The van der Waals surface area contributed by atoms with E-state index in [4.69, 9.17) is 5.73 Å². The third kappa shape index (κ3) is 6.15. The second-order valence-electron chi connectivity index (χ2n) is 6.44. The maximum Gasteiger partial charge on any atom is 0.283 e. The zero-order valence-electron chi connectivity index (χ0n) is 16.5. The number of carbonyl (C=O) groups excluding carboxylic acids is 1. The number of nitro groups is 1. The van der Waals surface area contributed by atoms with Gasteiger partial charge in [-0.3, -0.25) is 14.9 Å². The highest BCUT2D eigenvalue weighted by Crippen LogP contribution is 2.24. The van der Waals surface area contributed by atoms with E-state index in [-0.39, 0.29) is 22.2 Å². The van der Waals surface area contributed by atoms with Crippen LogP contribution in [0.1, 0.15) is 0 Å². The number of anilines is 1. The van der Waals surface area contributed by atoms with Gasteiger partial charge in [-0.25, -0.2) is 0 Å². The molecule has 0 saturated carbocycles. The molecule has 0 heterocycles. The van der Waals surface area contributed by atoms with E-state index >= 15 is 0 Å². The lowest BCUT2D eigenvalue weighted by Crippen LogP contribution is -2.19. The molecule has 0 unspecified atom stereocenters. The molecule has 0 aliphatic heterocycles. The predicted octanol–water partition coefficient (Wildman–Crippen LogP) is 4.27. The number of nitrogens with zero attached hydrogens (tertiary/aromatic N) is 2. The van der Waals surface area contributed by atoms with E-state index in [1.54, 1.807) is 54.6 Å². The summed E-state index contributed by atoms with van der Waals surface area (Å²) in [5.74, 6) is -0.0216. The second-order valence-corrected chi connectivity index (χ2v) is 9.02. The molecule has 3 N–H and O–H groups in total. The lowest BCUT2D eigenvalue weighted by Gasteiger charge is -2.10. The van der Waals surface area contributed by atoms with E-state index in [2.05, 4.69) is 9.71 Å². The third-order valence-corrected chi connectivity index (χ3v) is 6.24. The van der Waals surface area contributed by atoms with E-state index in [0.29, 0.717) is 5.69 Å². The fraction of sp³-hybridized carbons (Fsp3) is 0.0476. The number of nitrogens with one attached hydrogen (secondary N) is 1. The van der Waals surface area contributed by atoms with Crippen molar-refractivity contribution in [1.82, 2.24) is 0 Å². The lowest BCUT2D eigenvalue weighted by atomic mass is 10.1. The van der Waals surface area contributed by atoms with Crippen LogP contribution in [0.25, 0.3) is 11.1 Å². The summed E-state index contributed by atoms with van der Waals surface area (Å²) in [5.41, 5.74) is 7.31. The molecule has 164 valence electrons. The standard InChI is InChI=1S/C21H18N4O5S2/c22-21(26)31-14-20(24-32(29,30)19-4-2-1-3-5-19)23-17-10-6-15(7-11-17)16-8-12-18(13-9-16)25(27)28/h1-13H,14H2,(H2,22,26)(H,23,24). The molecular formula is C21H18N4O5S2. The van der Waals surface area contributed by atoms with Crippen LogP contribution in [-0.2, 0) is 10.0 Å². The number of benzene rings is 3. The highest BCUT2D eigenvalue weighted by Gasteiger charge is 2.15. The van der Waals surface area contributed by atoms with Crippen LogP contribution in [0.4, 0.5) is 16.2 Å². The highest BCUT2D eigenvalue weighted by molar-refractivity contribution is 8.14. The predicted molar refractivity (Wildman–Crippen MR) is 125 cm³/mol. The third-order valence-electron chi connectivity index (χ3n) is 4.21. The van der Waals surface area contributed by atoms with Gasteiger partial charge >= 0.3 is 0 Å². The molecule has 32 heavy (non-hydrogen) atoms. The van der Waals surface area contributed by atoms with E-state index in [1.165, 1.54) is 24.3 Å². The van der Waals surface area contributed by atoms with E-state index < -0.39 is 20.2 Å². The van der Waals surface area contributed by atoms with Crippen molar-refractivity contribution in [3.05, 3.63) is 89.0 Å². The summed E-state index contributed by atoms with van der Waals surface area (Å²) >= 11 is 0.724. The summed E-state index contributed by atoms with van der Waals surface area (Å²) in [5, 5.41) is 13.0. The number of amidine groups is 1. The summed E-state index contributed by atoms with van der Waals surface area (Å²) < 4.78 is 29.0. The Morgan fingerprint density at radius 1 is 0.969 bits per heavy atom. The smallest absolute Gasteiger partial charge is 0.283 e. The van der Waals surface area contributed by atoms with Crippen molar-refractivity contribution in [1.29, 1.82) is 0 Å². The second kappa shape index (κ2) is 10.1. The number of sulfonamides is 1. The summed E-state index contributed by atoms with van der Waals surface area (Å²) in [7, 11) is -3.98. The number of primary amides is 1. The van der Waals surface area contributed by atoms with Crippen LogP contribution in [0, 0.1) is 10.1 Å². The first-order valence-electron chi connectivity index (χ1n) is 9.17. The van der Waals surface area contributed by atoms with Gasteiger partial charge in [0.1, 0.15) is 5.84 Å². The molecule has 9 nitrogen and oxygen atoms in total. The Morgan fingerprint density at radius 3 is 2.06 bits per heavy atom. The Hall–Kier alpha value is -3.70. The fourth-order valence-electron chi connectivity index (χ4n) is 2.70. The first kappa shape index (κ1) is 23.0. The first-order chi connectivity index (χ1) is 15.2. The van der Waals surface area contributed by atoms with Crippen molar-refractivity contribution in [3.8, 4) is 11.1 Å². The van der Waals surface area contributed by atoms with Crippen LogP contribution in [0.5, 0.6) is 0 Å². The van der Waals surface area contributed by atoms with E-state index in [1.807, 2.05) is 0 Å². The summed E-state index contributed by atoms with van der Waals surface area (Å²) in [4.78, 5) is 21.5. The maximum atomic E-state index is 12.6. The molecule has 0 aromatic heterocycles. The number of hydrogen-bond acceptors (Lipinski definition) is 6. The maximum absolute atomic E-state index is 12.6. The highest BCUT2D eigenvalue weighted by atomic mass is 32.2. The quantitative estimate of drug-likeness (QED) is 0.227. The van der Waals surface area contributed by atoms with E-state index in [0.717, 1.165) is 22.9 Å². The number of nitrogens with two attached hydrogens (primary N) is 1. The number of nitro benzene ring substituents is 1. The molecule has 0 spiro atoms. The fourth-order valence-corrected chi connectivity index (χ4v) is 4.21. The van der Waals surface area contributed by atoms with Gasteiger partial charge in [-0.1, -0.05) is 42.1 Å². The SMILES string of the molecule is NC(=O)SC/C(=N\S(=O)(=O)c1ccccc1)Nc1ccc(-c2ccc([N+](=O)[O-])cc2)cc1. The van der Waals surface area contributed by atoms with Crippen molar-refractivity contribution in [3.63, 3.8) is 0 Å². The molecule has 0 aliphatic carbocycles. The zero-order valence-corrected chi connectivity index (χ0v) is 18.2. The van der Waals surface area contributed by atoms with Crippen LogP contribution in [0.3, 0.4) is 0 Å². The van der Waals surface area contributed by atoms with Crippen LogP contribution in [0.15, 0.2) is 88.2 Å². The van der Waals surface area contributed by atoms with Gasteiger partial charge in [-0.15, -0.1) is 4.40 Å². The van der Waals surface area contributed by atoms with Crippen molar-refractivity contribution >= 4 is 44.2 Å². The minimum atomic E-state index is -3.98. The molecule has 3 rings (SSSR count). The monoisotopic (exact) mass is 470 g/mol. The average molecular weight is 471 g/mol. The van der Waals surface area contributed by atoms with Gasteiger partial charge in [0, 0.05) is 17.8 Å². The number of rotatable bonds is 7. The summed E-state index contributed by atoms with van der Waals surface area (Å²) in [6.07, 6.45) is 0. The average Bonchev–Trinajstić information content (AvgIpc) is 2.78. The van der Waals surface area contributed by atoms with Crippen molar-refractivity contribution in [2.45, 2.75) is 4.90 Å². The topological polar surface area (TPSA) is 145 Å². The molecule has 11 heteroatoms. The van der Waals surface area contributed by atoms with E-state index in [9.17, 15) is 23.3 Å². The Labute approximate surface area is 188 Å². The molecule has 0 fully saturated rings.